The molecular weight excluding hydrogens is 230 g/mol. The van der Waals surface area contributed by atoms with Gasteiger partial charge in [0.1, 0.15) is 0 Å². The summed E-state index contributed by atoms with van der Waals surface area (Å²) in [5.41, 5.74) is 7.27. The summed E-state index contributed by atoms with van der Waals surface area (Å²) in [6, 6.07) is 8.87. The molecule has 5 heteroatoms. The first-order valence-electron chi connectivity index (χ1n) is 5.61. The number of hydrogen-bond donors (Lipinski definition) is 1. The molecule has 0 aliphatic rings. The molecule has 5 nitrogen and oxygen atoms in total. The molecule has 1 aromatic heterocycles. The molecule has 2 N–H and O–H groups in total. The SMILES string of the molecule is COC(=O)C(c1ccccc1)n1cncc1CN. The van der Waals surface area contributed by atoms with E-state index in [0.29, 0.717) is 6.54 Å². The Kier molecular flexibility index (Phi) is 3.74. The van der Waals surface area contributed by atoms with Crippen molar-refractivity contribution in [2.45, 2.75) is 12.6 Å². The molecular formula is C13H15N3O2. The van der Waals surface area contributed by atoms with Crippen LogP contribution in [0.2, 0.25) is 0 Å². The number of methoxy groups -OCH3 is 1. The van der Waals surface area contributed by atoms with Crippen LogP contribution in [0.5, 0.6) is 0 Å². The van der Waals surface area contributed by atoms with Crippen LogP contribution in [0.25, 0.3) is 0 Å². The van der Waals surface area contributed by atoms with Crippen molar-refractivity contribution in [2.24, 2.45) is 5.73 Å². The van der Waals surface area contributed by atoms with Gasteiger partial charge < -0.3 is 15.0 Å². The topological polar surface area (TPSA) is 70.1 Å². The van der Waals surface area contributed by atoms with E-state index in [9.17, 15) is 4.79 Å². The van der Waals surface area contributed by atoms with Crippen LogP contribution >= 0.6 is 0 Å². The van der Waals surface area contributed by atoms with Gasteiger partial charge in [-0.3, -0.25) is 0 Å². The summed E-state index contributed by atoms with van der Waals surface area (Å²) >= 11 is 0. The van der Waals surface area contributed by atoms with Gasteiger partial charge in [-0.15, -0.1) is 0 Å². The first-order valence-corrected chi connectivity index (χ1v) is 5.61. The molecule has 0 fully saturated rings. The highest BCUT2D eigenvalue weighted by Gasteiger charge is 2.24. The molecule has 0 saturated heterocycles. The van der Waals surface area contributed by atoms with Gasteiger partial charge >= 0.3 is 5.97 Å². The summed E-state index contributed by atoms with van der Waals surface area (Å²) in [7, 11) is 1.37. The second-order valence-electron chi connectivity index (χ2n) is 3.83. The quantitative estimate of drug-likeness (QED) is 0.819. The van der Waals surface area contributed by atoms with Crippen molar-refractivity contribution >= 4 is 5.97 Å². The number of ether oxygens (including phenoxy) is 1. The minimum atomic E-state index is -0.544. The molecule has 94 valence electrons. The third-order valence-electron chi connectivity index (χ3n) is 2.77. The van der Waals surface area contributed by atoms with E-state index in [-0.39, 0.29) is 5.97 Å². The summed E-state index contributed by atoms with van der Waals surface area (Å²) in [6.07, 6.45) is 3.25. The Hall–Kier alpha value is -2.14. The van der Waals surface area contributed by atoms with Crippen molar-refractivity contribution in [1.29, 1.82) is 0 Å². The maximum atomic E-state index is 12.0. The number of hydrogen-bond acceptors (Lipinski definition) is 4. The molecule has 1 unspecified atom stereocenters. The molecule has 0 bridgehead atoms. The fraction of sp³-hybridized carbons (Fsp3) is 0.231. The van der Waals surface area contributed by atoms with Crippen LogP contribution in [-0.4, -0.2) is 22.6 Å². The largest absolute Gasteiger partial charge is 0.467 e. The highest BCUT2D eigenvalue weighted by Crippen LogP contribution is 2.21. The van der Waals surface area contributed by atoms with Gasteiger partial charge in [0.15, 0.2) is 6.04 Å². The Morgan fingerprint density at radius 3 is 2.78 bits per heavy atom. The number of carbonyl (C=O) groups excluding carboxylic acids is 1. The van der Waals surface area contributed by atoms with Gasteiger partial charge in [0.2, 0.25) is 0 Å². The Labute approximate surface area is 105 Å². The molecule has 18 heavy (non-hydrogen) atoms. The van der Waals surface area contributed by atoms with Gasteiger partial charge in [0.25, 0.3) is 0 Å². The van der Waals surface area contributed by atoms with Gasteiger partial charge in [-0.1, -0.05) is 30.3 Å². The van der Waals surface area contributed by atoms with Gasteiger partial charge in [-0.05, 0) is 5.56 Å². The molecule has 0 saturated carbocycles. The monoisotopic (exact) mass is 245 g/mol. The number of carbonyl (C=O) groups is 1. The standard InChI is InChI=1S/C13H15N3O2/c1-18-13(17)12(10-5-3-2-4-6-10)16-9-15-8-11(16)7-14/h2-6,8-9,12H,7,14H2,1H3. The molecule has 1 aromatic carbocycles. The van der Waals surface area contributed by atoms with Crippen LogP contribution in [0.15, 0.2) is 42.9 Å². The van der Waals surface area contributed by atoms with E-state index in [1.165, 1.54) is 7.11 Å². The van der Waals surface area contributed by atoms with E-state index >= 15 is 0 Å². The van der Waals surface area contributed by atoms with Crippen molar-refractivity contribution in [3.05, 3.63) is 54.1 Å². The predicted molar refractivity (Wildman–Crippen MR) is 66.7 cm³/mol. The maximum Gasteiger partial charge on any atom is 0.333 e. The zero-order valence-electron chi connectivity index (χ0n) is 10.1. The third kappa shape index (κ3) is 2.26. The Balaban J connectivity index is 2.47. The fourth-order valence-corrected chi connectivity index (χ4v) is 1.88. The van der Waals surface area contributed by atoms with Crippen LogP contribution in [0.3, 0.4) is 0 Å². The lowest BCUT2D eigenvalue weighted by atomic mass is 10.1. The average Bonchev–Trinajstić information content (AvgIpc) is 2.88. The van der Waals surface area contributed by atoms with E-state index in [4.69, 9.17) is 10.5 Å². The molecule has 0 amide bonds. The van der Waals surface area contributed by atoms with Crippen LogP contribution in [0.4, 0.5) is 0 Å². The second kappa shape index (κ2) is 5.46. The van der Waals surface area contributed by atoms with E-state index in [1.807, 2.05) is 30.3 Å². The average molecular weight is 245 g/mol. The van der Waals surface area contributed by atoms with E-state index < -0.39 is 6.04 Å². The Morgan fingerprint density at radius 2 is 2.17 bits per heavy atom. The number of nitrogens with zero attached hydrogens (tertiary/aromatic N) is 2. The first kappa shape index (κ1) is 12.3. The molecule has 1 atom stereocenters. The summed E-state index contributed by atoms with van der Waals surface area (Å²) in [5.74, 6) is -0.339. The minimum Gasteiger partial charge on any atom is -0.467 e. The van der Waals surface area contributed by atoms with Crippen LogP contribution in [0.1, 0.15) is 17.3 Å². The highest BCUT2D eigenvalue weighted by molar-refractivity contribution is 5.78. The normalized spacial score (nSPS) is 12.1. The molecule has 2 rings (SSSR count). The summed E-state index contributed by atoms with van der Waals surface area (Å²) in [6.45, 7) is 0.320. The molecule has 0 spiro atoms. The van der Waals surface area contributed by atoms with Gasteiger partial charge in [0.05, 0.1) is 19.1 Å². The summed E-state index contributed by atoms with van der Waals surface area (Å²) < 4.78 is 6.60. The number of esters is 1. The maximum absolute atomic E-state index is 12.0. The molecule has 1 heterocycles. The minimum absolute atomic E-state index is 0.320. The number of aromatic nitrogens is 2. The Morgan fingerprint density at radius 1 is 1.44 bits per heavy atom. The molecule has 0 radical (unpaired) electrons. The number of nitrogens with two attached hydrogens (primary N) is 1. The highest BCUT2D eigenvalue weighted by atomic mass is 16.5. The van der Waals surface area contributed by atoms with Crippen molar-refractivity contribution in [3.8, 4) is 0 Å². The van der Waals surface area contributed by atoms with Crippen LogP contribution < -0.4 is 5.73 Å². The van der Waals surface area contributed by atoms with Gasteiger partial charge in [0, 0.05) is 12.7 Å². The lowest BCUT2D eigenvalue weighted by molar-refractivity contribution is -0.143. The predicted octanol–water partition coefficient (Wildman–Crippen LogP) is 1.10. The lowest BCUT2D eigenvalue weighted by Crippen LogP contribution is -2.24. The van der Waals surface area contributed by atoms with Crippen molar-refractivity contribution < 1.29 is 9.53 Å². The first-order chi connectivity index (χ1) is 8.77. The molecule has 2 aromatic rings. The second-order valence-corrected chi connectivity index (χ2v) is 3.83. The summed E-state index contributed by atoms with van der Waals surface area (Å²) in [5, 5.41) is 0. The molecule has 0 aliphatic carbocycles. The Bertz CT molecular complexity index is 522. The zero-order valence-corrected chi connectivity index (χ0v) is 10.1. The van der Waals surface area contributed by atoms with Crippen molar-refractivity contribution in [3.63, 3.8) is 0 Å². The van der Waals surface area contributed by atoms with Gasteiger partial charge in [-0.2, -0.15) is 0 Å². The van der Waals surface area contributed by atoms with Crippen molar-refractivity contribution in [1.82, 2.24) is 9.55 Å². The van der Waals surface area contributed by atoms with Crippen molar-refractivity contribution in [2.75, 3.05) is 7.11 Å². The number of benzene rings is 1. The number of rotatable bonds is 4. The van der Waals surface area contributed by atoms with E-state index in [2.05, 4.69) is 4.98 Å². The summed E-state index contributed by atoms with van der Waals surface area (Å²) in [4.78, 5) is 16.0. The fourth-order valence-electron chi connectivity index (χ4n) is 1.88. The van der Waals surface area contributed by atoms with E-state index in [1.54, 1.807) is 17.1 Å². The molecule has 0 aliphatic heterocycles. The van der Waals surface area contributed by atoms with Gasteiger partial charge in [-0.25, -0.2) is 9.78 Å². The third-order valence-corrected chi connectivity index (χ3v) is 2.77. The van der Waals surface area contributed by atoms with Crippen LogP contribution in [0, 0.1) is 0 Å². The zero-order chi connectivity index (χ0) is 13.0. The van der Waals surface area contributed by atoms with Crippen LogP contribution in [-0.2, 0) is 16.1 Å². The van der Waals surface area contributed by atoms with E-state index in [0.717, 1.165) is 11.3 Å². The lowest BCUT2D eigenvalue weighted by Gasteiger charge is -2.18. The number of imidazole rings is 1. The smallest absolute Gasteiger partial charge is 0.333 e.